The molecule has 0 radical (unpaired) electrons. The van der Waals surface area contributed by atoms with Crippen molar-refractivity contribution in [2.75, 3.05) is 13.1 Å². The molecule has 116 valence electrons. The Morgan fingerprint density at radius 1 is 1.20 bits per heavy atom. The Labute approximate surface area is 122 Å². The first kappa shape index (κ1) is 16.8. The number of likely N-dealkylation sites (tertiary alicyclic amines) is 1. The van der Waals surface area contributed by atoms with E-state index in [2.05, 4.69) is 5.32 Å². The lowest BCUT2D eigenvalue weighted by Gasteiger charge is -2.27. The van der Waals surface area contributed by atoms with Crippen molar-refractivity contribution in [2.24, 2.45) is 5.92 Å². The van der Waals surface area contributed by atoms with E-state index in [4.69, 9.17) is 4.74 Å². The summed E-state index contributed by atoms with van der Waals surface area (Å²) in [5, 5.41) is 2.73. The van der Waals surface area contributed by atoms with E-state index in [1.54, 1.807) is 0 Å². The van der Waals surface area contributed by atoms with E-state index in [-0.39, 0.29) is 5.91 Å². The highest BCUT2D eigenvalue weighted by molar-refractivity contribution is 5.85. The molecule has 0 unspecified atom stereocenters. The molecule has 0 spiro atoms. The van der Waals surface area contributed by atoms with Crippen LogP contribution in [-0.2, 0) is 9.53 Å². The molecule has 1 saturated heterocycles. The fourth-order valence-corrected chi connectivity index (χ4v) is 2.30. The third-order valence-corrected chi connectivity index (χ3v) is 3.11. The van der Waals surface area contributed by atoms with Crippen LogP contribution in [0.4, 0.5) is 4.79 Å². The van der Waals surface area contributed by atoms with Gasteiger partial charge in [0.05, 0.1) is 0 Å². The third kappa shape index (κ3) is 5.80. The summed E-state index contributed by atoms with van der Waals surface area (Å²) in [6.45, 7) is 11.1. The van der Waals surface area contributed by atoms with Crippen molar-refractivity contribution >= 4 is 12.0 Å². The maximum absolute atomic E-state index is 12.4. The lowest BCUT2D eigenvalue weighted by molar-refractivity contribution is -0.132. The predicted molar refractivity (Wildman–Crippen MR) is 78.4 cm³/mol. The van der Waals surface area contributed by atoms with Crippen LogP contribution in [0.5, 0.6) is 0 Å². The van der Waals surface area contributed by atoms with Gasteiger partial charge in [-0.05, 0) is 46.0 Å². The van der Waals surface area contributed by atoms with Gasteiger partial charge in [-0.25, -0.2) is 4.79 Å². The molecular formula is C15H28N2O3. The zero-order valence-electron chi connectivity index (χ0n) is 13.4. The molecule has 1 fully saturated rings. The molecule has 0 saturated carbocycles. The second-order valence-corrected chi connectivity index (χ2v) is 6.86. The summed E-state index contributed by atoms with van der Waals surface area (Å²) in [6, 6.07) is -0.483. The molecule has 2 amide bonds. The van der Waals surface area contributed by atoms with E-state index in [1.807, 2.05) is 39.5 Å². The van der Waals surface area contributed by atoms with Gasteiger partial charge < -0.3 is 15.0 Å². The average molecular weight is 284 g/mol. The molecule has 1 N–H and O–H groups in total. The lowest BCUT2D eigenvalue weighted by Crippen LogP contribution is -2.49. The molecule has 20 heavy (non-hydrogen) atoms. The summed E-state index contributed by atoms with van der Waals surface area (Å²) in [7, 11) is 0. The van der Waals surface area contributed by atoms with Crippen LogP contribution in [-0.4, -0.2) is 41.6 Å². The number of nitrogens with zero attached hydrogens (tertiary/aromatic N) is 1. The van der Waals surface area contributed by atoms with Crippen molar-refractivity contribution < 1.29 is 14.3 Å². The van der Waals surface area contributed by atoms with Crippen LogP contribution < -0.4 is 5.32 Å². The van der Waals surface area contributed by atoms with Gasteiger partial charge in [0.15, 0.2) is 0 Å². The van der Waals surface area contributed by atoms with Crippen molar-refractivity contribution in [3.8, 4) is 0 Å². The zero-order chi connectivity index (χ0) is 15.3. The molecule has 1 atom stereocenters. The molecule has 1 heterocycles. The number of rotatable bonds is 4. The van der Waals surface area contributed by atoms with Crippen LogP contribution in [0.3, 0.4) is 0 Å². The Morgan fingerprint density at radius 3 is 2.20 bits per heavy atom. The van der Waals surface area contributed by atoms with E-state index in [1.165, 1.54) is 0 Å². The summed E-state index contributed by atoms with van der Waals surface area (Å²) in [6.07, 6.45) is 2.21. The van der Waals surface area contributed by atoms with Gasteiger partial charge in [0, 0.05) is 13.1 Å². The van der Waals surface area contributed by atoms with Crippen LogP contribution in [0.15, 0.2) is 0 Å². The normalized spacial score (nSPS) is 17.2. The first-order chi connectivity index (χ1) is 9.19. The number of carbonyl (C=O) groups is 2. The fraction of sp³-hybridized carbons (Fsp3) is 0.867. The smallest absolute Gasteiger partial charge is 0.408 e. The van der Waals surface area contributed by atoms with E-state index in [0.29, 0.717) is 12.3 Å². The minimum absolute atomic E-state index is 0.0158. The number of ether oxygens (including phenoxy) is 1. The van der Waals surface area contributed by atoms with Crippen molar-refractivity contribution in [2.45, 2.75) is 65.5 Å². The van der Waals surface area contributed by atoms with E-state index >= 15 is 0 Å². The van der Waals surface area contributed by atoms with E-state index in [9.17, 15) is 9.59 Å². The van der Waals surface area contributed by atoms with Crippen molar-refractivity contribution in [3.05, 3.63) is 0 Å². The molecule has 1 aliphatic heterocycles. The molecular weight excluding hydrogens is 256 g/mol. The summed E-state index contributed by atoms with van der Waals surface area (Å²) < 4.78 is 5.24. The average Bonchev–Trinajstić information content (AvgIpc) is 2.76. The highest BCUT2D eigenvalue weighted by Gasteiger charge is 2.29. The maximum atomic E-state index is 12.4. The molecule has 1 aliphatic rings. The van der Waals surface area contributed by atoms with Gasteiger partial charge in [0.1, 0.15) is 11.6 Å². The largest absolute Gasteiger partial charge is 0.444 e. The first-order valence-electron chi connectivity index (χ1n) is 7.47. The lowest BCUT2D eigenvalue weighted by atomic mass is 10.0. The van der Waals surface area contributed by atoms with Gasteiger partial charge in [-0.3, -0.25) is 4.79 Å². The van der Waals surface area contributed by atoms with Gasteiger partial charge in [-0.15, -0.1) is 0 Å². The second kappa shape index (κ2) is 6.95. The zero-order valence-corrected chi connectivity index (χ0v) is 13.4. The van der Waals surface area contributed by atoms with Gasteiger partial charge in [0.25, 0.3) is 0 Å². The van der Waals surface area contributed by atoms with Crippen LogP contribution in [0.25, 0.3) is 0 Å². The monoisotopic (exact) mass is 284 g/mol. The number of alkyl carbamates (subject to hydrolysis) is 1. The number of amides is 2. The van der Waals surface area contributed by atoms with Crippen LogP contribution >= 0.6 is 0 Å². The molecule has 0 bridgehead atoms. The summed E-state index contributed by atoms with van der Waals surface area (Å²) in [5.74, 6) is 0.351. The highest BCUT2D eigenvalue weighted by atomic mass is 16.6. The summed E-state index contributed by atoms with van der Waals surface area (Å²) in [5.41, 5.74) is -0.552. The Kier molecular flexibility index (Phi) is 5.84. The number of nitrogens with one attached hydrogen (secondary N) is 1. The quantitative estimate of drug-likeness (QED) is 0.863. The summed E-state index contributed by atoms with van der Waals surface area (Å²) >= 11 is 0. The minimum Gasteiger partial charge on any atom is -0.444 e. The van der Waals surface area contributed by atoms with Crippen LogP contribution in [0.2, 0.25) is 0 Å². The van der Waals surface area contributed by atoms with Gasteiger partial charge in [0.2, 0.25) is 5.91 Å². The third-order valence-electron chi connectivity index (χ3n) is 3.11. The van der Waals surface area contributed by atoms with Gasteiger partial charge >= 0.3 is 6.09 Å². The molecule has 0 aliphatic carbocycles. The van der Waals surface area contributed by atoms with Crippen molar-refractivity contribution in [1.29, 1.82) is 0 Å². The number of hydrogen-bond donors (Lipinski definition) is 1. The molecule has 0 aromatic heterocycles. The topological polar surface area (TPSA) is 58.6 Å². The molecule has 5 nitrogen and oxygen atoms in total. The maximum Gasteiger partial charge on any atom is 0.408 e. The fourth-order valence-electron chi connectivity index (χ4n) is 2.30. The number of hydrogen-bond acceptors (Lipinski definition) is 3. The number of carbonyl (C=O) groups excluding carboxylic acids is 2. The minimum atomic E-state index is -0.552. The Hall–Kier alpha value is -1.26. The van der Waals surface area contributed by atoms with Crippen LogP contribution in [0.1, 0.15) is 53.9 Å². The standard InChI is InChI=1S/C15H28N2O3/c1-11(2)10-12(13(18)17-8-6-7-9-17)16-14(19)20-15(3,4)5/h11-12H,6-10H2,1-5H3,(H,16,19)/t12-/m0/s1. The van der Waals surface area contributed by atoms with Gasteiger partial charge in [-0.2, -0.15) is 0 Å². The molecule has 0 aromatic rings. The predicted octanol–water partition coefficient (Wildman–Crippen LogP) is 2.55. The molecule has 0 aromatic carbocycles. The Bertz CT molecular complexity index is 342. The van der Waals surface area contributed by atoms with Crippen molar-refractivity contribution in [3.63, 3.8) is 0 Å². The highest BCUT2D eigenvalue weighted by Crippen LogP contribution is 2.14. The van der Waals surface area contributed by atoms with Gasteiger partial charge in [-0.1, -0.05) is 13.8 Å². The Morgan fingerprint density at radius 2 is 1.75 bits per heavy atom. The molecule has 1 rings (SSSR count). The SMILES string of the molecule is CC(C)C[C@H](NC(=O)OC(C)(C)C)C(=O)N1CCCC1. The van der Waals surface area contributed by atoms with E-state index < -0.39 is 17.7 Å². The first-order valence-corrected chi connectivity index (χ1v) is 7.47. The Balaban J connectivity index is 2.63. The van der Waals surface area contributed by atoms with Crippen LogP contribution in [0, 0.1) is 5.92 Å². The summed E-state index contributed by atoms with van der Waals surface area (Å²) in [4.78, 5) is 26.1. The second-order valence-electron chi connectivity index (χ2n) is 6.86. The van der Waals surface area contributed by atoms with E-state index in [0.717, 1.165) is 25.9 Å². The van der Waals surface area contributed by atoms with Crippen molar-refractivity contribution in [1.82, 2.24) is 10.2 Å². The molecule has 5 heteroatoms.